The zero-order chi connectivity index (χ0) is 35.3. The molecule has 8 heteroatoms. The molecular weight excluding hydrogens is 616 g/mol. The molecule has 8 nitrogen and oxygen atoms in total. The Bertz CT molecular complexity index is 1470. The first-order chi connectivity index (χ1) is 23.8. The van der Waals surface area contributed by atoms with E-state index in [1.54, 1.807) is 6.08 Å². The molecule has 0 atom stereocenters. The summed E-state index contributed by atoms with van der Waals surface area (Å²) in [5.74, 6) is -1.87. The van der Waals surface area contributed by atoms with Crippen molar-refractivity contribution in [1.29, 1.82) is 0 Å². The lowest BCUT2D eigenvalue weighted by molar-refractivity contribution is -0.138. The van der Waals surface area contributed by atoms with Crippen LogP contribution < -0.4 is 5.32 Å². The van der Waals surface area contributed by atoms with E-state index in [-0.39, 0.29) is 30.1 Å². The molecule has 2 aromatic carbocycles. The minimum atomic E-state index is -0.728. The number of nitrogens with zero attached hydrogens (tertiary/aromatic N) is 1. The number of carboxylic acid groups (broad SMARTS) is 2. The molecule has 0 bridgehead atoms. The Hall–Kier alpha value is -3.94. The van der Waals surface area contributed by atoms with Crippen molar-refractivity contribution in [2.45, 2.75) is 142 Å². The number of benzene rings is 2. The van der Waals surface area contributed by atoms with Gasteiger partial charge in [0.15, 0.2) is 5.78 Å². The molecule has 1 aromatic heterocycles. The fourth-order valence-corrected chi connectivity index (χ4v) is 6.63. The van der Waals surface area contributed by atoms with Crippen molar-refractivity contribution in [3.05, 3.63) is 53.6 Å². The number of carboxylic acids is 2. The Morgan fingerprint density at radius 3 is 1.65 bits per heavy atom. The first kappa shape index (κ1) is 39.5. The maximum Gasteiger partial charge on any atom is 0.303 e. The molecule has 1 amide bonds. The van der Waals surface area contributed by atoms with E-state index in [1.807, 2.05) is 18.2 Å². The second-order valence-electron chi connectivity index (χ2n) is 13.3. The Kier molecular flexibility index (Phi) is 18.3. The molecule has 0 unspecified atom stereocenters. The minimum Gasteiger partial charge on any atom is -0.481 e. The van der Waals surface area contributed by atoms with Crippen molar-refractivity contribution < 1.29 is 29.4 Å². The van der Waals surface area contributed by atoms with Crippen LogP contribution in [0.25, 0.3) is 27.9 Å². The molecule has 268 valence electrons. The molecule has 0 aliphatic rings. The number of fused-ring (bicyclic) bond motifs is 3. The zero-order valence-corrected chi connectivity index (χ0v) is 29.6. The van der Waals surface area contributed by atoms with Crippen LogP contribution in [-0.4, -0.2) is 45.0 Å². The molecule has 0 saturated carbocycles. The van der Waals surface area contributed by atoms with Crippen LogP contribution in [0.4, 0.5) is 0 Å². The predicted octanol–water partition coefficient (Wildman–Crippen LogP) is 9.85. The quantitative estimate of drug-likeness (QED) is 0.0320. The number of ketones is 1. The summed E-state index contributed by atoms with van der Waals surface area (Å²) in [7, 11) is 0. The fourth-order valence-electron chi connectivity index (χ4n) is 6.63. The average Bonchev–Trinajstić information content (AvgIpc) is 3.40. The summed E-state index contributed by atoms with van der Waals surface area (Å²) >= 11 is 0. The first-order valence-electron chi connectivity index (χ1n) is 18.8. The molecule has 49 heavy (non-hydrogen) atoms. The van der Waals surface area contributed by atoms with Crippen LogP contribution in [0.3, 0.4) is 0 Å². The number of carbonyl (C=O) groups excluding carboxylic acids is 2. The normalized spacial score (nSPS) is 11.7. The van der Waals surface area contributed by atoms with Gasteiger partial charge < -0.3 is 20.1 Å². The number of hydrogen-bond acceptors (Lipinski definition) is 4. The van der Waals surface area contributed by atoms with Crippen LogP contribution in [0.5, 0.6) is 0 Å². The number of Topliss-reactive ketones (excluding diaryl/α,β-unsaturated/α-hetero) is 1. The molecule has 0 aliphatic carbocycles. The monoisotopic (exact) mass is 674 g/mol. The standard InChI is InChI=1S/C41H58N2O6/c1-2-43-36-23-20-19-22-33(36)34-30-32(27-28-37(34)43)31-35(38(44)24-16-12-8-4-3-5-9-13-17-25-39(45)46)41(49)42-29-21-15-11-7-6-10-14-18-26-40(47)48/h19-20,22-23,27-28,30-31H,2-18,21,24-26,29H2,1H3,(H,42,49)(H,45,46)(H,47,48)/b35-31+. The van der Waals surface area contributed by atoms with Gasteiger partial charge in [-0.15, -0.1) is 0 Å². The van der Waals surface area contributed by atoms with Gasteiger partial charge >= 0.3 is 11.9 Å². The molecule has 0 aliphatic heterocycles. The summed E-state index contributed by atoms with van der Waals surface area (Å²) in [4.78, 5) is 48.2. The maximum absolute atomic E-state index is 13.5. The number of unbranched alkanes of at least 4 members (excludes halogenated alkanes) is 15. The molecule has 0 spiro atoms. The summed E-state index contributed by atoms with van der Waals surface area (Å²) in [6.45, 7) is 3.52. The van der Waals surface area contributed by atoms with Crippen molar-refractivity contribution in [2.75, 3.05) is 6.54 Å². The van der Waals surface area contributed by atoms with E-state index < -0.39 is 11.9 Å². The summed E-state index contributed by atoms with van der Waals surface area (Å²) in [6, 6.07) is 14.5. The molecule has 1 heterocycles. The third-order valence-corrected chi connectivity index (χ3v) is 9.37. The summed E-state index contributed by atoms with van der Waals surface area (Å²) in [5, 5.41) is 22.8. The lowest BCUT2D eigenvalue weighted by Gasteiger charge is -2.10. The molecule has 0 saturated heterocycles. The highest BCUT2D eigenvalue weighted by atomic mass is 16.4. The van der Waals surface area contributed by atoms with Crippen molar-refractivity contribution in [3.63, 3.8) is 0 Å². The van der Waals surface area contributed by atoms with Gasteiger partial charge in [-0.05, 0) is 62.4 Å². The highest BCUT2D eigenvalue weighted by Gasteiger charge is 2.18. The number of aryl methyl sites for hydroxylation is 1. The van der Waals surface area contributed by atoms with E-state index in [9.17, 15) is 19.2 Å². The largest absolute Gasteiger partial charge is 0.481 e. The van der Waals surface area contributed by atoms with Gasteiger partial charge in [0.1, 0.15) is 0 Å². The van der Waals surface area contributed by atoms with Gasteiger partial charge in [0.2, 0.25) is 0 Å². The number of aromatic nitrogens is 1. The van der Waals surface area contributed by atoms with Crippen LogP contribution in [0.2, 0.25) is 0 Å². The SMILES string of the molecule is CCn1c2ccccc2c2cc(/C=C(\C(=O)CCCCCCCCCCCC(=O)O)C(=O)NCCCCCCCCCCC(=O)O)ccc21. The number of rotatable bonds is 27. The van der Waals surface area contributed by atoms with Crippen molar-refractivity contribution in [1.82, 2.24) is 9.88 Å². The van der Waals surface area contributed by atoms with Gasteiger partial charge in [0.05, 0.1) is 5.57 Å². The van der Waals surface area contributed by atoms with Gasteiger partial charge in [-0.2, -0.15) is 0 Å². The Labute approximate surface area is 292 Å². The molecule has 3 aromatic rings. The third kappa shape index (κ3) is 14.2. The predicted molar refractivity (Wildman–Crippen MR) is 199 cm³/mol. The van der Waals surface area contributed by atoms with Crippen LogP contribution in [0.15, 0.2) is 48.0 Å². The van der Waals surface area contributed by atoms with E-state index in [0.717, 1.165) is 138 Å². The zero-order valence-electron chi connectivity index (χ0n) is 29.6. The van der Waals surface area contributed by atoms with Crippen molar-refractivity contribution >= 4 is 51.5 Å². The van der Waals surface area contributed by atoms with E-state index in [0.29, 0.717) is 13.0 Å². The number of para-hydroxylation sites is 1. The lowest BCUT2D eigenvalue weighted by atomic mass is 9.99. The van der Waals surface area contributed by atoms with E-state index in [4.69, 9.17) is 10.2 Å². The summed E-state index contributed by atoms with van der Waals surface area (Å²) < 4.78 is 2.29. The lowest BCUT2D eigenvalue weighted by Crippen LogP contribution is -2.29. The van der Waals surface area contributed by atoms with Gasteiger partial charge in [0.25, 0.3) is 5.91 Å². The minimum absolute atomic E-state index is 0.116. The van der Waals surface area contributed by atoms with Crippen LogP contribution in [-0.2, 0) is 25.7 Å². The number of amides is 1. The maximum atomic E-state index is 13.5. The summed E-state index contributed by atoms with van der Waals surface area (Å²) in [6.07, 6.45) is 19.4. The number of aliphatic carboxylic acids is 2. The van der Waals surface area contributed by atoms with Crippen molar-refractivity contribution in [3.8, 4) is 0 Å². The fraction of sp³-hybridized carbons (Fsp3) is 0.561. The number of carbonyl (C=O) groups is 4. The molecular formula is C41H58N2O6. The van der Waals surface area contributed by atoms with Crippen LogP contribution in [0, 0.1) is 0 Å². The first-order valence-corrected chi connectivity index (χ1v) is 18.8. The highest BCUT2D eigenvalue weighted by Crippen LogP contribution is 2.30. The highest BCUT2D eigenvalue weighted by molar-refractivity contribution is 6.22. The summed E-state index contributed by atoms with van der Waals surface area (Å²) in [5.41, 5.74) is 3.38. The van der Waals surface area contributed by atoms with Gasteiger partial charge in [-0.25, -0.2) is 0 Å². The molecule has 3 N–H and O–H groups in total. The number of hydrogen-bond donors (Lipinski definition) is 3. The molecule has 0 fully saturated rings. The van der Waals surface area contributed by atoms with E-state index in [1.165, 1.54) is 5.52 Å². The second-order valence-corrected chi connectivity index (χ2v) is 13.3. The molecule has 0 radical (unpaired) electrons. The Morgan fingerprint density at radius 2 is 1.10 bits per heavy atom. The van der Waals surface area contributed by atoms with Gasteiger partial charge in [-0.3, -0.25) is 19.2 Å². The van der Waals surface area contributed by atoms with Crippen LogP contribution >= 0.6 is 0 Å². The Balaban J connectivity index is 1.54. The smallest absolute Gasteiger partial charge is 0.303 e. The van der Waals surface area contributed by atoms with Crippen LogP contribution in [0.1, 0.15) is 141 Å². The van der Waals surface area contributed by atoms with E-state index >= 15 is 0 Å². The average molecular weight is 675 g/mol. The molecule has 3 rings (SSSR count). The Morgan fingerprint density at radius 1 is 0.612 bits per heavy atom. The van der Waals surface area contributed by atoms with Gasteiger partial charge in [0, 0.05) is 54.2 Å². The topological polar surface area (TPSA) is 126 Å². The van der Waals surface area contributed by atoms with Gasteiger partial charge in [-0.1, -0.05) is 108 Å². The third-order valence-electron chi connectivity index (χ3n) is 9.37. The van der Waals surface area contributed by atoms with E-state index in [2.05, 4.69) is 41.1 Å². The second kappa shape index (κ2) is 22.6. The number of nitrogens with one attached hydrogen (secondary N) is 1. The van der Waals surface area contributed by atoms with Crippen molar-refractivity contribution in [2.24, 2.45) is 0 Å².